The zero-order valence-corrected chi connectivity index (χ0v) is 20.4. The van der Waals surface area contributed by atoms with Crippen molar-refractivity contribution in [3.63, 3.8) is 0 Å². The molecule has 0 aliphatic carbocycles. The van der Waals surface area contributed by atoms with Crippen LogP contribution in [0.15, 0.2) is 72.8 Å². The van der Waals surface area contributed by atoms with E-state index >= 15 is 0 Å². The number of carbonyl (C=O) groups excluding carboxylic acids is 1. The lowest BCUT2D eigenvalue weighted by Crippen LogP contribution is -2.48. The first-order valence-electron chi connectivity index (χ1n) is 12.0. The van der Waals surface area contributed by atoms with Crippen molar-refractivity contribution in [2.75, 3.05) is 44.2 Å². The summed E-state index contributed by atoms with van der Waals surface area (Å²) in [5, 5.41) is 4.19. The molecule has 0 radical (unpaired) electrons. The fourth-order valence-electron chi connectivity index (χ4n) is 4.35. The number of piperazine rings is 1. The van der Waals surface area contributed by atoms with Gasteiger partial charge in [-0.3, -0.25) is 9.69 Å². The van der Waals surface area contributed by atoms with Crippen molar-refractivity contribution in [2.24, 2.45) is 0 Å². The van der Waals surface area contributed by atoms with Crippen LogP contribution >= 0.6 is 11.3 Å². The summed E-state index contributed by atoms with van der Waals surface area (Å²) in [6, 6.07) is 24.6. The van der Waals surface area contributed by atoms with E-state index in [0.29, 0.717) is 12.1 Å². The van der Waals surface area contributed by atoms with Crippen LogP contribution in [0.1, 0.15) is 22.8 Å². The summed E-state index contributed by atoms with van der Waals surface area (Å²) < 4.78 is 1.27. The molecule has 1 aliphatic rings. The summed E-state index contributed by atoms with van der Waals surface area (Å²) in [5.41, 5.74) is 5.44. The smallest absolute Gasteiger partial charge is 0.251 e. The molecule has 6 heteroatoms. The van der Waals surface area contributed by atoms with Crippen LogP contribution in [-0.2, 0) is 6.42 Å². The Labute approximate surface area is 205 Å². The maximum absolute atomic E-state index is 12.6. The van der Waals surface area contributed by atoms with Crippen LogP contribution in [0.5, 0.6) is 0 Å². The normalized spacial score (nSPS) is 14.4. The maximum atomic E-state index is 12.6. The van der Waals surface area contributed by atoms with Gasteiger partial charge in [-0.25, -0.2) is 4.98 Å². The number of carbonyl (C=O) groups is 1. The Morgan fingerprint density at radius 1 is 0.941 bits per heavy atom. The van der Waals surface area contributed by atoms with E-state index in [2.05, 4.69) is 52.4 Å². The van der Waals surface area contributed by atoms with E-state index < -0.39 is 0 Å². The molecule has 0 bridgehead atoms. The Morgan fingerprint density at radius 3 is 2.41 bits per heavy atom. The molecule has 1 aliphatic heterocycles. The third-order valence-corrected chi connectivity index (χ3v) is 7.54. The molecule has 0 saturated carbocycles. The standard InChI is InChI=1S/C28H30N4OS/c1-2-21-8-13-25-26(20-21)34-28(30-25)32-18-16-31(17-19-32)15-14-29-27(33)24-11-9-23(10-12-24)22-6-4-3-5-7-22/h3-13,20H,2,14-19H2,1H3,(H,29,33). The summed E-state index contributed by atoms with van der Waals surface area (Å²) in [4.78, 5) is 22.2. The molecule has 5 rings (SSSR count). The number of aryl methyl sites for hydroxylation is 1. The molecule has 2 heterocycles. The summed E-state index contributed by atoms with van der Waals surface area (Å²) in [6.07, 6.45) is 1.05. The molecule has 1 amide bonds. The van der Waals surface area contributed by atoms with Crippen molar-refractivity contribution in [1.29, 1.82) is 0 Å². The zero-order chi connectivity index (χ0) is 23.3. The lowest BCUT2D eigenvalue weighted by Gasteiger charge is -2.34. The zero-order valence-electron chi connectivity index (χ0n) is 19.5. The van der Waals surface area contributed by atoms with Crippen LogP contribution in [-0.4, -0.2) is 55.1 Å². The summed E-state index contributed by atoms with van der Waals surface area (Å²) in [6.45, 7) is 7.61. The predicted octanol–water partition coefficient (Wildman–Crippen LogP) is 5.08. The van der Waals surface area contributed by atoms with Crippen molar-refractivity contribution in [2.45, 2.75) is 13.3 Å². The molecule has 3 aromatic carbocycles. The van der Waals surface area contributed by atoms with Crippen LogP contribution in [0.25, 0.3) is 21.3 Å². The lowest BCUT2D eigenvalue weighted by atomic mass is 10.0. The Morgan fingerprint density at radius 2 is 1.68 bits per heavy atom. The highest BCUT2D eigenvalue weighted by Crippen LogP contribution is 2.30. The lowest BCUT2D eigenvalue weighted by molar-refractivity contribution is 0.0948. The number of benzene rings is 3. The quantitative estimate of drug-likeness (QED) is 0.409. The number of fused-ring (bicyclic) bond motifs is 1. The van der Waals surface area contributed by atoms with Crippen molar-refractivity contribution in [3.8, 4) is 11.1 Å². The Bertz CT molecular complexity index is 1240. The highest BCUT2D eigenvalue weighted by Gasteiger charge is 2.20. The number of anilines is 1. The fourth-order valence-corrected chi connectivity index (χ4v) is 5.43. The van der Waals surface area contributed by atoms with E-state index in [1.807, 2.05) is 42.5 Å². The molecule has 34 heavy (non-hydrogen) atoms. The van der Waals surface area contributed by atoms with E-state index in [0.717, 1.165) is 60.9 Å². The van der Waals surface area contributed by atoms with Gasteiger partial charge in [-0.05, 0) is 47.4 Å². The summed E-state index contributed by atoms with van der Waals surface area (Å²) in [5.74, 6) is -0.0147. The van der Waals surface area contributed by atoms with Crippen LogP contribution in [0, 0.1) is 0 Å². The average Bonchev–Trinajstić information content (AvgIpc) is 3.33. The van der Waals surface area contributed by atoms with Gasteiger partial charge in [-0.1, -0.05) is 66.8 Å². The monoisotopic (exact) mass is 470 g/mol. The molecule has 5 nitrogen and oxygen atoms in total. The van der Waals surface area contributed by atoms with E-state index in [4.69, 9.17) is 4.98 Å². The van der Waals surface area contributed by atoms with Crippen LogP contribution < -0.4 is 10.2 Å². The highest BCUT2D eigenvalue weighted by molar-refractivity contribution is 7.22. The van der Waals surface area contributed by atoms with E-state index in [1.54, 1.807) is 11.3 Å². The third kappa shape index (κ3) is 5.13. The molecule has 174 valence electrons. The van der Waals surface area contributed by atoms with Crippen LogP contribution in [0.4, 0.5) is 5.13 Å². The van der Waals surface area contributed by atoms with Crippen LogP contribution in [0.2, 0.25) is 0 Å². The van der Waals surface area contributed by atoms with Gasteiger partial charge in [-0.2, -0.15) is 0 Å². The Hall–Kier alpha value is -3.22. The number of hydrogen-bond donors (Lipinski definition) is 1. The van der Waals surface area contributed by atoms with E-state index in [1.165, 1.54) is 10.3 Å². The van der Waals surface area contributed by atoms with Crippen LogP contribution in [0.3, 0.4) is 0 Å². The van der Waals surface area contributed by atoms with Gasteiger partial charge < -0.3 is 10.2 Å². The van der Waals surface area contributed by atoms with Crippen molar-refractivity contribution in [1.82, 2.24) is 15.2 Å². The van der Waals surface area contributed by atoms with Crippen molar-refractivity contribution >= 4 is 32.6 Å². The molecule has 1 saturated heterocycles. The van der Waals surface area contributed by atoms with Crippen molar-refractivity contribution < 1.29 is 4.79 Å². The molecule has 1 aromatic heterocycles. The van der Waals surface area contributed by atoms with Gasteiger partial charge in [-0.15, -0.1) is 0 Å². The minimum atomic E-state index is -0.0147. The third-order valence-electron chi connectivity index (χ3n) is 6.46. The fraction of sp³-hybridized carbons (Fsp3) is 0.286. The van der Waals surface area contributed by atoms with Gasteiger partial charge in [0.05, 0.1) is 10.2 Å². The predicted molar refractivity (Wildman–Crippen MR) is 142 cm³/mol. The van der Waals surface area contributed by atoms with Crippen molar-refractivity contribution in [3.05, 3.63) is 83.9 Å². The Kier molecular flexibility index (Phi) is 6.88. The molecular formula is C28H30N4OS. The largest absolute Gasteiger partial charge is 0.351 e. The van der Waals surface area contributed by atoms with E-state index in [9.17, 15) is 4.79 Å². The van der Waals surface area contributed by atoms with E-state index in [-0.39, 0.29) is 5.91 Å². The first-order valence-corrected chi connectivity index (χ1v) is 12.8. The second kappa shape index (κ2) is 10.4. The molecule has 0 atom stereocenters. The van der Waals surface area contributed by atoms with Gasteiger partial charge >= 0.3 is 0 Å². The second-order valence-electron chi connectivity index (χ2n) is 8.68. The minimum Gasteiger partial charge on any atom is -0.351 e. The number of nitrogens with one attached hydrogen (secondary N) is 1. The molecular weight excluding hydrogens is 440 g/mol. The topological polar surface area (TPSA) is 48.5 Å². The number of nitrogens with zero attached hydrogens (tertiary/aromatic N) is 3. The number of thiazole rings is 1. The maximum Gasteiger partial charge on any atom is 0.251 e. The minimum absolute atomic E-state index is 0.0147. The molecule has 4 aromatic rings. The second-order valence-corrected chi connectivity index (χ2v) is 9.69. The van der Waals surface area contributed by atoms with Gasteiger partial charge in [0.1, 0.15) is 0 Å². The van der Waals surface area contributed by atoms with Gasteiger partial charge in [0.15, 0.2) is 5.13 Å². The number of hydrogen-bond acceptors (Lipinski definition) is 5. The summed E-state index contributed by atoms with van der Waals surface area (Å²) in [7, 11) is 0. The highest BCUT2D eigenvalue weighted by atomic mass is 32.1. The SMILES string of the molecule is CCc1ccc2nc(N3CCN(CCNC(=O)c4ccc(-c5ccccc5)cc4)CC3)sc2c1. The number of rotatable bonds is 7. The molecule has 1 N–H and O–H groups in total. The summed E-state index contributed by atoms with van der Waals surface area (Å²) >= 11 is 1.79. The number of aromatic nitrogens is 1. The number of amides is 1. The molecule has 0 unspecified atom stereocenters. The molecule has 0 spiro atoms. The van der Waals surface area contributed by atoms with Gasteiger partial charge in [0.25, 0.3) is 5.91 Å². The van der Waals surface area contributed by atoms with Gasteiger partial charge in [0.2, 0.25) is 0 Å². The average molecular weight is 471 g/mol. The Balaban J connectivity index is 1.08. The first-order chi connectivity index (χ1) is 16.7. The van der Waals surface area contributed by atoms with Gasteiger partial charge in [0, 0.05) is 44.8 Å². The first kappa shape index (κ1) is 22.6. The molecule has 1 fully saturated rings.